The maximum atomic E-state index is 12.0. The number of thioether (sulfide) groups is 1. The SMILES string of the molecule is C=CCSC[C@@H](N)C(=O)NCCCNc1c2c(nc3ccccc13)CCCC2. The molecule has 0 unspecified atom stereocenters. The second-order valence-electron chi connectivity index (χ2n) is 7.14. The van der Waals surface area contributed by atoms with Gasteiger partial charge in [0.05, 0.1) is 11.6 Å². The third-order valence-electron chi connectivity index (χ3n) is 4.99. The highest BCUT2D eigenvalue weighted by atomic mass is 32.2. The third kappa shape index (κ3) is 5.26. The van der Waals surface area contributed by atoms with Crippen LogP contribution in [0, 0.1) is 0 Å². The molecule has 1 aliphatic carbocycles. The predicted octanol–water partition coefficient (Wildman–Crippen LogP) is 3.28. The molecule has 4 N–H and O–H groups in total. The van der Waals surface area contributed by atoms with E-state index in [1.807, 2.05) is 12.1 Å². The number of hydrogen-bond donors (Lipinski definition) is 3. The zero-order valence-corrected chi connectivity index (χ0v) is 17.2. The zero-order chi connectivity index (χ0) is 19.8. The van der Waals surface area contributed by atoms with Crippen LogP contribution in [0.4, 0.5) is 5.69 Å². The molecule has 1 atom stereocenters. The minimum Gasteiger partial charge on any atom is -0.384 e. The number of carbonyl (C=O) groups excluding carboxylic acids is 1. The first-order chi connectivity index (χ1) is 13.7. The van der Waals surface area contributed by atoms with E-state index >= 15 is 0 Å². The van der Waals surface area contributed by atoms with E-state index in [1.54, 1.807) is 11.8 Å². The van der Waals surface area contributed by atoms with Gasteiger partial charge in [-0.3, -0.25) is 9.78 Å². The Kier molecular flexibility index (Phi) is 7.74. The van der Waals surface area contributed by atoms with Crippen LogP contribution >= 0.6 is 11.8 Å². The van der Waals surface area contributed by atoms with Crippen molar-refractivity contribution >= 4 is 34.3 Å². The van der Waals surface area contributed by atoms with Crippen molar-refractivity contribution < 1.29 is 4.79 Å². The number of amides is 1. The van der Waals surface area contributed by atoms with Crippen molar-refractivity contribution in [3.63, 3.8) is 0 Å². The summed E-state index contributed by atoms with van der Waals surface area (Å²) in [5.74, 6) is 1.35. The fourth-order valence-corrected chi connectivity index (χ4v) is 4.28. The van der Waals surface area contributed by atoms with Gasteiger partial charge in [0.1, 0.15) is 0 Å². The number of nitrogens with zero attached hydrogens (tertiary/aromatic N) is 1. The van der Waals surface area contributed by atoms with Gasteiger partial charge in [0.2, 0.25) is 5.91 Å². The number of fused-ring (bicyclic) bond motifs is 2. The van der Waals surface area contributed by atoms with Crippen molar-refractivity contribution in [2.45, 2.75) is 38.1 Å². The lowest BCUT2D eigenvalue weighted by Crippen LogP contribution is -2.42. The molecule has 1 aliphatic rings. The molecule has 0 aliphatic heterocycles. The van der Waals surface area contributed by atoms with Crippen LogP contribution in [0.25, 0.3) is 10.9 Å². The molecule has 2 aromatic rings. The van der Waals surface area contributed by atoms with Crippen molar-refractivity contribution in [1.82, 2.24) is 10.3 Å². The number of aryl methyl sites for hydroxylation is 1. The maximum Gasteiger partial charge on any atom is 0.237 e. The van der Waals surface area contributed by atoms with Crippen LogP contribution in [0.5, 0.6) is 0 Å². The summed E-state index contributed by atoms with van der Waals surface area (Å²) >= 11 is 1.62. The Morgan fingerprint density at radius 2 is 2.11 bits per heavy atom. The number of benzene rings is 1. The molecular formula is C22H30N4OS. The van der Waals surface area contributed by atoms with Gasteiger partial charge >= 0.3 is 0 Å². The molecule has 28 heavy (non-hydrogen) atoms. The molecule has 0 spiro atoms. The number of nitrogens with two attached hydrogens (primary N) is 1. The van der Waals surface area contributed by atoms with Crippen LogP contribution in [0.3, 0.4) is 0 Å². The summed E-state index contributed by atoms with van der Waals surface area (Å²) in [4.78, 5) is 16.9. The van der Waals surface area contributed by atoms with Gasteiger partial charge in [-0.1, -0.05) is 24.3 Å². The third-order valence-corrected chi connectivity index (χ3v) is 6.06. The Hall–Kier alpha value is -2.05. The molecule has 150 valence electrons. The largest absolute Gasteiger partial charge is 0.384 e. The van der Waals surface area contributed by atoms with Crippen LogP contribution in [-0.4, -0.2) is 41.5 Å². The van der Waals surface area contributed by atoms with Gasteiger partial charge in [-0.2, -0.15) is 11.8 Å². The number of carbonyl (C=O) groups is 1. The zero-order valence-electron chi connectivity index (χ0n) is 16.4. The van der Waals surface area contributed by atoms with Crippen molar-refractivity contribution in [2.75, 3.05) is 29.9 Å². The molecule has 1 aromatic heterocycles. The molecule has 1 aromatic carbocycles. The summed E-state index contributed by atoms with van der Waals surface area (Å²) in [6.45, 7) is 5.10. The number of rotatable bonds is 10. The number of para-hydroxylation sites is 1. The normalized spacial score (nSPS) is 14.3. The van der Waals surface area contributed by atoms with Crippen LogP contribution in [0.15, 0.2) is 36.9 Å². The van der Waals surface area contributed by atoms with Crippen molar-refractivity contribution in [3.8, 4) is 0 Å². The van der Waals surface area contributed by atoms with E-state index in [2.05, 4.69) is 35.4 Å². The maximum absolute atomic E-state index is 12.0. The summed E-state index contributed by atoms with van der Waals surface area (Å²) in [6, 6.07) is 7.87. The summed E-state index contributed by atoms with van der Waals surface area (Å²) in [7, 11) is 0. The molecule has 0 radical (unpaired) electrons. The minimum atomic E-state index is -0.464. The quantitative estimate of drug-likeness (QED) is 0.423. The van der Waals surface area contributed by atoms with E-state index in [4.69, 9.17) is 10.7 Å². The number of nitrogens with one attached hydrogen (secondary N) is 2. The highest BCUT2D eigenvalue weighted by molar-refractivity contribution is 7.99. The Bertz CT molecular complexity index is 824. The van der Waals surface area contributed by atoms with Gasteiger partial charge in [0.25, 0.3) is 0 Å². The van der Waals surface area contributed by atoms with Crippen molar-refractivity contribution in [2.24, 2.45) is 5.73 Å². The second kappa shape index (κ2) is 10.5. The van der Waals surface area contributed by atoms with Crippen LogP contribution in [0.2, 0.25) is 0 Å². The lowest BCUT2D eigenvalue weighted by atomic mass is 9.92. The van der Waals surface area contributed by atoms with Crippen molar-refractivity contribution in [1.29, 1.82) is 0 Å². The fraction of sp³-hybridized carbons (Fsp3) is 0.455. The number of pyridine rings is 1. The van der Waals surface area contributed by atoms with Gasteiger partial charge in [0, 0.05) is 41.4 Å². The van der Waals surface area contributed by atoms with Gasteiger partial charge < -0.3 is 16.4 Å². The first-order valence-electron chi connectivity index (χ1n) is 10.1. The monoisotopic (exact) mass is 398 g/mol. The summed E-state index contributed by atoms with van der Waals surface area (Å²) < 4.78 is 0. The van der Waals surface area contributed by atoms with E-state index in [-0.39, 0.29) is 5.91 Å². The van der Waals surface area contributed by atoms with Crippen LogP contribution < -0.4 is 16.4 Å². The Labute approximate surface area is 171 Å². The van der Waals surface area contributed by atoms with E-state index in [9.17, 15) is 4.79 Å². The summed E-state index contributed by atoms with van der Waals surface area (Å²) in [6.07, 6.45) is 7.26. The lowest BCUT2D eigenvalue weighted by Gasteiger charge is -2.21. The first-order valence-corrected chi connectivity index (χ1v) is 11.2. The molecule has 6 heteroatoms. The number of hydrogen-bond acceptors (Lipinski definition) is 5. The number of anilines is 1. The predicted molar refractivity (Wildman–Crippen MR) is 120 cm³/mol. The molecule has 0 fully saturated rings. The highest BCUT2D eigenvalue weighted by Gasteiger charge is 2.18. The highest BCUT2D eigenvalue weighted by Crippen LogP contribution is 2.33. The first kappa shape index (κ1) is 20.7. The van der Waals surface area contributed by atoms with Gasteiger partial charge in [-0.05, 0) is 43.7 Å². The molecule has 1 amide bonds. The Balaban J connectivity index is 1.53. The molecular weight excluding hydrogens is 368 g/mol. The average Bonchev–Trinajstić information content (AvgIpc) is 2.72. The molecule has 0 saturated carbocycles. The van der Waals surface area contributed by atoms with E-state index in [0.717, 1.165) is 37.1 Å². The standard InChI is InChI=1S/C22H30N4OS/c1-2-14-28-15-18(23)22(27)25-13-7-12-24-21-16-8-3-5-10-19(16)26-20-11-6-4-9-17(20)21/h2-3,5,8,10,18H,1,4,6-7,9,11-15,23H2,(H,24,26)(H,25,27)/t18-/m1/s1. The molecule has 1 heterocycles. The van der Waals surface area contributed by atoms with Crippen molar-refractivity contribution in [3.05, 3.63) is 48.2 Å². The van der Waals surface area contributed by atoms with Crippen LogP contribution in [-0.2, 0) is 17.6 Å². The topological polar surface area (TPSA) is 80.0 Å². The number of aromatic nitrogens is 1. The van der Waals surface area contributed by atoms with E-state index < -0.39 is 6.04 Å². The fourth-order valence-electron chi connectivity index (χ4n) is 3.57. The van der Waals surface area contributed by atoms with Gasteiger partial charge in [-0.15, -0.1) is 6.58 Å². The Morgan fingerprint density at radius 3 is 2.96 bits per heavy atom. The molecule has 0 bridgehead atoms. The average molecular weight is 399 g/mol. The molecule has 0 saturated heterocycles. The van der Waals surface area contributed by atoms with E-state index in [1.165, 1.54) is 35.2 Å². The van der Waals surface area contributed by atoms with Gasteiger partial charge in [-0.25, -0.2) is 0 Å². The van der Waals surface area contributed by atoms with Crippen LogP contribution in [0.1, 0.15) is 30.5 Å². The molecule has 3 rings (SSSR count). The summed E-state index contributed by atoms with van der Waals surface area (Å²) in [5, 5.41) is 7.75. The summed E-state index contributed by atoms with van der Waals surface area (Å²) in [5.41, 5.74) is 10.8. The van der Waals surface area contributed by atoms with Gasteiger partial charge in [0.15, 0.2) is 0 Å². The molecule has 5 nitrogen and oxygen atoms in total. The second-order valence-corrected chi connectivity index (χ2v) is 8.22. The lowest BCUT2D eigenvalue weighted by molar-refractivity contribution is -0.121. The Morgan fingerprint density at radius 1 is 1.29 bits per heavy atom. The van der Waals surface area contributed by atoms with E-state index in [0.29, 0.717) is 12.3 Å². The smallest absolute Gasteiger partial charge is 0.237 e. The minimum absolute atomic E-state index is 0.0803.